The number of thioether (sulfide) groups is 1. The van der Waals surface area contributed by atoms with Crippen molar-refractivity contribution in [3.8, 4) is 0 Å². The van der Waals surface area contributed by atoms with Gasteiger partial charge in [-0.25, -0.2) is 0 Å². The number of nitrogens with zero attached hydrogens (tertiary/aromatic N) is 1. The summed E-state index contributed by atoms with van der Waals surface area (Å²) >= 11 is 1.39. The van der Waals surface area contributed by atoms with Crippen molar-refractivity contribution >= 4 is 35.0 Å². The normalized spacial score (nSPS) is 10.5. The molecule has 2 amide bonds. The molecule has 0 unspecified atom stereocenters. The number of nitrogens with one attached hydrogen (secondary N) is 2. The van der Waals surface area contributed by atoms with E-state index in [-0.39, 0.29) is 29.3 Å². The number of hydrogen-bond acceptors (Lipinski definition) is 5. The number of nitro benzene ring substituents is 1. The van der Waals surface area contributed by atoms with Gasteiger partial charge in [0.05, 0.1) is 21.9 Å². The fraction of sp³-hybridized carbons (Fsp3) is 0.263. The quantitative estimate of drug-likeness (QED) is 0.532. The second kappa shape index (κ2) is 9.72. The first-order valence-electron chi connectivity index (χ1n) is 8.37. The summed E-state index contributed by atoms with van der Waals surface area (Å²) in [6.07, 6.45) is 0. The van der Waals surface area contributed by atoms with E-state index >= 15 is 0 Å². The highest BCUT2D eigenvalue weighted by atomic mass is 32.2. The number of benzene rings is 2. The largest absolute Gasteiger partial charge is 0.350 e. The average Bonchev–Trinajstić information content (AvgIpc) is 2.62. The molecule has 0 spiro atoms. The van der Waals surface area contributed by atoms with Crippen LogP contribution in [0.25, 0.3) is 0 Å². The van der Waals surface area contributed by atoms with Crippen molar-refractivity contribution in [3.05, 3.63) is 69.8 Å². The van der Waals surface area contributed by atoms with Crippen LogP contribution in [-0.4, -0.2) is 28.5 Å². The van der Waals surface area contributed by atoms with E-state index in [4.69, 9.17) is 0 Å². The summed E-state index contributed by atoms with van der Waals surface area (Å²) in [5.41, 5.74) is 1.82. The van der Waals surface area contributed by atoms with Gasteiger partial charge in [0.25, 0.3) is 11.6 Å². The molecular weight excluding hydrogens is 366 g/mol. The zero-order valence-electron chi connectivity index (χ0n) is 15.1. The topological polar surface area (TPSA) is 101 Å². The summed E-state index contributed by atoms with van der Waals surface area (Å²) in [6, 6.07) is 13.1. The molecule has 0 saturated heterocycles. The number of rotatable bonds is 8. The molecule has 0 aliphatic heterocycles. The van der Waals surface area contributed by atoms with Gasteiger partial charge >= 0.3 is 0 Å². The maximum atomic E-state index is 12.2. The third-order valence-electron chi connectivity index (χ3n) is 3.51. The summed E-state index contributed by atoms with van der Waals surface area (Å²) in [6.45, 7) is 3.74. The Morgan fingerprint density at radius 1 is 1.11 bits per heavy atom. The van der Waals surface area contributed by atoms with Crippen molar-refractivity contribution in [1.29, 1.82) is 0 Å². The first kappa shape index (κ1) is 20.4. The Hall–Kier alpha value is -2.87. The van der Waals surface area contributed by atoms with Crippen LogP contribution in [-0.2, 0) is 10.5 Å². The van der Waals surface area contributed by atoms with E-state index < -0.39 is 4.92 Å². The van der Waals surface area contributed by atoms with Crippen LogP contribution in [0.1, 0.15) is 29.8 Å². The predicted octanol–water partition coefficient (Wildman–Crippen LogP) is 3.60. The lowest BCUT2D eigenvalue weighted by atomic mass is 10.1. The molecule has 0 aliphatic carbocycles. The number of non-ortho nitro benzene ring substituents is 1. The number of carbonyl (C=O) groups is 2. The van der Waals surface area contributed by atoms with Gasteiger partial charge in [-0.05, 0) is 31.5 Å². The van der Waals surface area contributed by atoms with Gasteiger partial charge in [-0.1, -0.05) is 24.3 Å². The van der Waals surface area contributed by atoms with E-state index in [1.165, 1.54) is 23.9 Å². The minimum atomic E-state index is -0.447. The van der Waals surface area contributed by atoms with E-state index in [0.29, 0.717) is 17.0 Å². The van der Waals surface area contributed by atoms with Gasteiger partial charge in [0.1, 0.15) is 0 Å². The molecule has 0 atom stereocenters. The molecule has 2 N–H and O–H groups in total. The fourth-order valence-electron chi connectivity index (χ4n) is 2.29. The van der Waals surface area contributed by atoms with Gasteiger partial charge in [-0.15, -0.1) is 11.8 Å². The molecule has 142 valence electrons. The lowest BCUT2D eigenvalue weighted by molar-refractivity contribution is -0.384. The Labute approximate surface area is 161 Å². The Morgan fingerprint density at radius 2 is 1.78 bits per heavy atom. The highest BCUT2D eigenvalue weighted by Gasteiger charge is 2.14. The highest BCUT2D eigenvalue weighted by Crippen LogP contribution is 2.18. The lowest BCUT2D eigenvalue weighted by Gasteiger charge is -2.13. The zero-order chi connectivity index (χ0) is 19.8. The van der Waals surface area contributed by atoms with Crippen LogP contribution in [0.15, 0.2) is 48.5 Å². The van der Waals surface area contributed by atoms with Crippen LogP contribution in [0.4, 0.5) is 11.4 Å². The standard InChI is InChI=1S/C19H21N3O4S/c1-13(2)20-19(24)16-5-3-4-6-17(16)21-18(23)12-27-11-14-7-9-15(10-8-14)22(25)26/h3-10,13H,11-12H2,1-2H3,(H,20,24)(H,21,23). The first-order chi connectivity index (χ1) is 12.9. The van der Waals surface area contributed by atoms with Crippen LogP contribution < -0.4 is 10.6 Å². The summed E-state index contributed by atoms with van der Waals surface area (Å²) in [5, 5.41) is 16.2. The van der Waals surface area contributed by atoms with E-state index in [1.54, 1.807) is 36.4 Å². The Kier molecular flexibility index (Phi) is 7.36. The minimum absolute atomic E-state index is 0.00138. The van der Waals surface area contributed by atoms with Crippen molar-refractivity contribution in [2.45, 2.75) is 25.6 Å². The molecule has 0 saturated carbocycles. The number of carbonyl (C=O) groups excluding carboxylic acids is 2. The Balaban J connectivity index is 1.89. The van der Waals surface area contributed by atoms with E-state index in [1.807, 2.05) is 13.8 Å². The number of hydrogen-bond donors (Lipinski definition) is 2. The van der Waals surface area contributed by atoms with Crippen molar-refractivity contribution < 1.29 is 14.5 Å². The number of amides is 2. The molecule has 27 heavy (non-hydrogen) atoms. The third-order valence-corrected chi connectivity index (χ3v) is 4.52. The smallest absolute Gasteiger partial charge is 0.269 e. The second-order valence-corrected chi connectivity index (χ2v) is 7.12. The molecule has 8 heteroatoms. The minimum Gasteiger partial charge on any atom is -0.350 e. The molecule has 2 rings (SSSR count). The SMILES string of the molecule is CC(C)NC(=O)c1ccccc1NC(=O)CSCc1ccc([N+](=O)[O-])cc1. The van der Waals surface area contributed by atoms with Gasteiger partial charge < -0.3 is 10.6 Å². The van der Waals surface area contributed by atoms with Crippen molar-refractivity contribution in [3.63, 3.8) is 0 Å². The molecule has 2 aromatic carbocycles. The molecular formula is C19H21N3O4S. The second-order valence-electron chi connectivity index (χ2n) is 6.14. The molecule has 2 aromatic rings. The first-order valence-corrected chi connectivity index (χ1v) is 9.53. The Bertz CT molecular complexity index is 822. The van der Waals surface area contributed by atoms with E-state index in [9.17, 15) is 19.7 Å². The van der Waals surface area contributed by atoms with Gasteiger partial charge in [-0.2, -0.15) is 0 Å². The van der Waals surface area contributed by atoms with Crippen LogP contribution in [0, 0.1) is 10.1 Å². The number of para-hydroxylation sites is 1. The van der Waals surface area contributed by atoms with Crippen molar-refractivity contribution in [2.24, 2.45) is 0 Å². The maximum Gasteiger partial charge on any atom is 0.269 e. The molecule has 0 aliphatic rings. The van der Waals surface area contributed by atoms with Gasteiger partial charge in [0.15, 0.2) is 0 Å². The molecule has 7 nitrogen and oxygen atoms in total. The number of nitro groups is 1. The molecule has 0 fully saturated rings. The summed E-state index contributed by atoms with van der Waals surface area (Å²) in [5.74, 6) is 0.309. The van der Waals surface area contributed by atoms with Gasteiger partial charge in [0.2, 0.25) is 5.91 Å². The van der Waals surface area contributed by atoms with E-state index in [2.05, 4.69) is 10.6 Å². The van der Waals surface area contributed by atoms with Crippen LogP contribution in [0.2, 0.25) is 0 Å². The van der Waals surface area contributed by atoms with Gasteiger partial charge in [0, 0.05) is 23.9 Å². The number of anilines is 1. The zero-order valence-corrected chi connectivity index (χ0v) is 15.9. The van der Waals surface area contributed by atoms with E-state index in [0.717, 1.165) is 5.56 Å². The maximum absolute atomic E-state index is 12.2. The molecule has 0 radical (unpaired) electrons. The molecule has 0 heterocycles. The fourth-order valence-corrected chi connectivity index (χ4v) is 3.08. The third kappa shape index (κ3) is 6.41. The predicted molar refractivity (Wildman–Crippen MR) is 107 cm³/mol. The van der Waals surface area contributed by atoms with Crippen molar-refractivity contribution in [1.82, 2.24) is 5.32 Å². The van der Waals surface area contributed by atoms with Crippen molar-refractivity contribution in [2.75, 3.05) is 11.1 Å². The van der Waals surface area contributed by atoms with Crippen LogP contribution in [0.5, 0.6) is 0 Å². The summed E-state index contributed by atoms with van der Waals surface area (Å²) in [7, 11) is 0. The molecule has 0 aromatic heterocycles. The highest BCUT2D eigenvalue weighted by molar-refractivity contribution is 7.99. The summed E-state index contributed by atoms with van der Waals surface area (Å²) < 4.78 is 0. The van der Waals surface area contributed by atoms with Crippen LogP contribution >= 0.6 is 11.8 Å². The summed E-state index contributed by atoms with van der Waals surface area (Å²) in [4.78, 5) is 34.6. The monoisotopic (exact) mass is 387 g/mol. The average molecular weight is 387 g/mol. The van der Waals surface area contributed by atoms with Crippen LogP contribution in [0.3, 0.4) is 0 Å². The lowest BCUT2D eigenvalue weighted by Crippen LogP contribution is -2.31. The molecule has 0 bridgehead atoms. The Morgan fingerprint density at radius 3 is 2.41 bits per heavy atom. The van der Waals surface area contributed by atoms with Gasteiger partial charge in [-0.3, -0.25) is 19.7 Å².